The van der Waals surface area contributed by atoms with Gasteiger partial charge in [-0.15, -0.1) is 0 Å². The average molecular weight is 316 g/mol. The maximum absolute atomic E-state index is 11.5. The Morgan fingerprint density at radius 2 is 1.86 bits per heavy atom. The second-order valence-corrected chi connectivity index (χ2v) is 4.75. The third-order valence-corrected chi connectivity index (χ3v) is 2.71. The van der Waals surface area contributed by atoms with Crippen molar-refractivity contribution in [1.82, 2.24) is 16.0 Å². The highest BCUT2D eigenvalue weighted by Crippen LogP contribution is 1.86. The van der Waals surface area contributed by atoms with Gasteiger partial charge in [0.25, 0.3) is 0 Å². The molecule has 0 radical (unpaired) electrons. The van der Waals surface area contributed by atoms with Crippen LogP contribution in [0, 0.1) is 0 Å². The van der Waals surface area contributed by atoms with E-state index in [1.807, 2.05) is 13.8 Å². The van der Waals surface area contributed by atoms with Gasteiger partial charge >= 0.3 is 0 Å². The lowest BCUT2D eigenvalue weighted by Gasteiger charge is -2.11. The minimum Gasteiger partial charge on any atom is -0.382 e. The van der Waals surface area contributed by atoms with Crippen molar-refractivity contribution in [3.8, 4) is 0 Å². The zero-order valence-corrected chi connectivity index (χ0v) is 14.2. The number of rotatable bonds is 13. The van der Waals surface area contributed by atoms with E-state index in [-0.39, 0.29) is 5.91 Å². The predicted molar refractivity (Wildman–Crippen MR) is 89.2 cm³/mol. The van der Waals surface area contributed by atoms with Crippen LogP contribution >= 0.6 is 0 Å². The quantitative estimate of drug-likeness (QED) is 0.262. The number of amides is 1. The lowest BCUT2D eigenvalue weighted by molar-refractivity contribution is -0.120. The van der Waals surface area contributed by atoms with Crippen molar-refractivity contribution >= 4 is 11.9 Å². The molecule has 22 heavy (non-hydrogen) atoms. The van der Waals surface area contributed by atoms with Crippen LogP contribution in [0.4, 0.5) is 0 Å². The number of nitrogens with one attached hydrogen (secondary N) is 3. The summed E-state index contributed by atoms with van der Waals surface area (Å²) in [5, 5.41) is 9.16. The van der Waals surface area contributed by atoms with Crippen LogP contribution in [0.1, 0.15) is 33.1 Å². The summed E-state index contributed by atoms with van der Waals surface area (Å²) < 4.78 is 10.3. The van der Waals surface area contributed by atoms with Gasteiger partial charge in [0.05, 0.1) is 13.2 Å². The molecule has 0 rings (SSSR count). The summed E-state index contributed by atoms with van der Waals surface area (Å²) in [6.45, 7) is 8.74. The minimum absolute atomic E-state index is 0.0664. The third-order valence-electron chi connectivity index (χ3n) is 2.71. The Balaban J connectivity index is 3.78. The number of guanidine groups is 1. The van der Waals surface area contributed by atoms with Gasteiger partial charge in [0.1, 0.15) is 0 Å². The Morgan fingerprint density at radius 3 is 2.55 bits per heavy atom. The second kappa shape index (κ2) is 16.0. The van der Waals surface area contributed by atoms with Crippen LogP contribution in [-0.2, 0) is 14.3 Å². The van der Waals surface area contributed by atoms with Crippen LogP contribution in [0.5, 0.6) is 0 Å². The van der Waals surface area contributed by atoms with Gasteiger partial charge in [-0.05, 0) is 19.8 Å². The Labute approximate surface area is 134 Å². The number of carbonyl (C=O) groups excluding carboxylic acids is 1. The fourth-order valence-electron chi connectivity index (χ4n) is 1.59. The third kappa shape index (κ3) is 13.6. The molecule has 130 valence electrons. The molecule has 0 aromatic carbocycles. The number of aliphatic imine (C=N–C) groups is 1. The van der Waals surface area contributed by atoms with E-state index in [2.05, 4.69) is 20.9 Å². The highest BCUT2D eigenvalue weighted by molar-refractivity contribution is 5.81. The first-order valence-corrected chi connectivity index (χ1v) is 8.10. The molecule has 0 fully saturated rings. The normalized spacial score (nSPS) is 11.3. The molecule has 0 aliphatic carbocycles. The van der Waals surface area contributed by atoms with Gasteiger partial charge in [-0.3, -0.25) is 9.79 Å². The first-order chi connectivity index (χ1) is 10.7. The van der Waals surface area contributed by atoms with Crippen molar-refractivity contribution in [2.45, 2.75) is 33.1 Å². The molecule has 0 aromatic heterocycles. The Kier molecular flexibility index (Phi) is 15.1. The number of nitrogens with zero attached hydrogens (tertiary/aromatic N) is 1. The molecular formula is C15H32N4O3. The smallest absolute Gasteiger partial charge is 0.221 e. The SMILES string of the molecule is CCCNC(=O)CCNC(=NCCCOCCOC)NCC. The highest BCUT2D eigenvalue weighted by atomic mass is 16.5. The van der Waals surface area contributed by atoms with E-state index in [4.69, 9.17) is 9.47 Å². The molecule has 1 amide bonds. The zero-order valence-electron chi connectivity index (χ0n) is 14.2. The summed E-state index contributed by atoms with van der Waals surface area (Å²) in [7, 11) is 1.66. The van der Waals surface area contributed by atoms with E-state index >= 15 is 0 Å². The van der Waals surface area contributed by atoms with Crippen molar-refractivity contribution in [3.05, 3.63) is 0 Å². The minimum atomic E-state index is 0.0664. The van der Waals surface area contributed by atoms with Crippen LogP contribution in [0.25, 0.3) is 0 Å². The number of carbonyl (C=O) groups is 1. The van der Waals surface area contributed by atoms with Crippen LogP contribution in [-0.4, -0.2) is 65.0 Å². The van der Waals surface area contributed by atoms with Crippen LogP contribution in [0.2, 0.25) is 0 Å². The van der Waals surface area contributed by atoms with Crippen LogP contribution in [0.15, 0.2) is 4.99 Å². The molecule has 0 aliphatic rings. The van der Waals surface area contributed by atoms with E-state index < -0.39 is 0 Å². The van der Waals surface area contributed by atoms with Crippen molar-refractivity contribution in [2.75, 3.05) is 53.1 Å². The van der Waals surface area contributed by atoms with Gasteiger partial charge in [-0.1, -0.05) is 6.92 Å². The Hall–Kier alpha value is -1.34. The Morgan fingerprint density at radius 1 is 1.05 bits per heavy atom. The van der Waals surface area contributed by atoms with Gasteiger partial charge in [0.2, 0.25) is 5.91 Å². The van der Waals surface area contributed by atoms with E-state index in [1.54, 1.807) is 7.11 Å². The number of ether oxygens (including phenoxy) is 2. The van der Waals surface area contributed by atoms with Crippen molar-refractivity contribution in [3.63, 3.8) is 0 Å². The Bertz CT molecular complexity index is 299. The fraction of sp³-hybridized carbons (Fsp3) is 0.867. The van der Waals surface area contributed by atoms with Gasteiger partial charge in [0.15, 0.2) is 5.96 Å². The molecule has 0 atom stereocenters. The summed E-state index contributed by atoms with van der Waals surface area (Å²) in [5.74, 6) is 0.805. The maximum Gasteiger partial charge on any atom is 0.221 e. The molecule has 0 aromatic rings. The summed E-state index contributed by atoms with van der Waals surface area (Å²) in [6, 6.07) is 0. The first-order valence-electron chi connectivity index (χ1n) is 8.10. The summed E-state index contributed by atoms with van der Waals surface area (Å²) >= 11 is 0. The molecule has 7 nitrogen and oxygen atoms in total. The van der Waals surface area contributed by atoms with Crippen LogP contribution in [0.3, 0.4) is 0 Å². The van der Waals surface area contributed by atoms with Crippen LogP contribution < -0.4 is 16.0 Å². The maximum atomic E-state index is 11.5. The molecule has 0 spiro atoms. The molecular weight excluding hydrogens is 284 g/mol. The standard InChI is InChI=1S/C15H32N4O3/c1-4-8-17-14(20)7-10-19-15(16-5-2)18-9-6-11-22-13-12-21-3/h4-13H2,1-3H3,(H,17,20)(H2,16,18,19). The average Bonchev–Trinajstić information content (AvgIpc) is 2.52. The highest BCUT2D eigenvalue weighted by Gasteiger charge is 2.01. The van der Waals surface area contributed by atoms with E-state index in [9.17, 15) is 4.79 Å². The van der Waals surface area contributed by atoms with Crippen molar-refractivity contribution < 1.29 is 14.3 Å². The van der Waals surface area contributed by atoms with Gasteiger partial charge in [-0.2, -0.15) is 0 Å². The molecule has 0 saturated carbocycles. The van der Waals surface area contributed by atoms with E-state index in [0.29, 0.717) is 39.3 Å². The molecule has 0 saturated heterocycles. The summed E-state index contributed by atoms with van der Waals surface area (Å²) in [4.78, 5) is 15.9. The molecule has 0 bridgehead atoms. The van der Waals surface area contributed by atoms with Crippen molar-refractivity contribution in [2.24, 2.45) is 4.99 Å². The largest absolute Gasteiger partial charge is 0.382 e. The molecule has 7 heteroatoms. The second-order valence-electron chi connectivity index (χ2n) is 4.75. The summed E-state index contributed by atoms with van der Waals surface area (Å²) in [6.07, 6.45) is 2.26. The number of hydrogen-bond donors (Lipinski definition) is 3. The van der Waals surface area contributed by atoms with Gasteiger partial charge in [-0.25, -0.2) is 0 Å². The summed E-state index contributed by atoms with van der Waals surface area (Å²) in [5.41, 5.74) is 0. The van der Waals surface area contributed by atoms with Crippen molar-refractivity contribution in [1.29, 1.82) is 0 Å². The fourth-order valence-corrected chi connectivity index (χ4v) is 1.59. The van der Waals surface area contributed by atoms with E-state index in [0.717, 1.165) is 31.9 Å². The molecule has 0 unspecified atom stereocenters. The number of hydrogen-bond acceptors (Lipinski definition) is 4. The topological polar surface area (TPSA) is 84.0 Å². The van der Waals surface area contributed by atoms with Gasteiger partial charge in [0, 0.05) is 46.3 Å². The molecule has 0 heterocycles. The number of methoxy groups -OCH3 is 1. The lowest BCUT2D eigenvalue weighted by Crippen LogP contribution is -2.39. The molecule has 0 aliphatic heterocycles. The van der Waals surface area contributed by atoms with Gasteiger partial charge < -0.3 is 25.4 Å². The predicted octanol–water partition coefficient (Wildman–Crippen LogP) is 0.511. The zero-order chi connectivity index (χ0) is 16.5. The first kappa shape index (κ1) is 20.7. The molecule has 3 N–H and O–H groups in total. The van der Waals surface area contributed by atoms with E-state index in [1.165, 1.54) is 0 Å². The lowest BCUT2D eigenvalue weighted by atomic mass is 10.4. The monoisotopic (exact) mass is 316 g/mol.